The van der Waals surface area contributed by atoms with E-state index in [9.17, 15) is 4.79 Å². The Morgan fingerprint density at radius 2 is 1.94 bits per heavy atom. The summed E-state index contributed by atoms with van der Waals surface area (Å²) in [6.07, 6.45) is 4.59. The first-order valence-corrected chi connectivity index (χ1v) is 11.3. The summed E-state index contributed by atoms with van der Waals surface area (Å²) in [4.78, 5) is 15.0. The Hall–Kier alpha value is -2.79. The zero-order valence-corrected chi connectivity index (χ0v) is 18.8. The zero-order valence-electron chi connectivity index (χ0n) is 18.8. The van der Waals surface area contributed by atoms with Gasteiger partial charge in [0.05, 0.1) is 12.2 Å². The third-order valence-corrected chi connectivity index (χ3v) is 6.00. The van der Waals surface area contributed by atoms with E-state index in [0.29, 0.717) is 23.8 Å². The van der Waals surface area contributed by atoms with Gasteiger partial charge in [-0.1, -0.05) is 30.3 Å². The van der Waals surface area contributed by atoms with Crippen LogP contribution in [-0.2, 0) is 13.6 Å². The highest BCUT2D eigenvalue weighted by Gasteiger charge is 2.22. The molecular formula is C26H33N3O2. The average Bonchev–Trinajstić information content (AvgIpc) is 3.08. The molecule has 0 radical (unpaired) electrons. The number of likely N-dealkylation sites (tertiary alicyclic amines) is 1. The van der Waals surface area contributed by atoms with Gasteiger partial charge in [-0.2, -0.15) is 0 Å². The number of aromatic nitrogens is 1. The number of benzene rings is 2. The van der Waals surface area contributed by atoms with Crippen molar-refractivity contribution in [3.63, 3.8) is 0 Å². The van der Waals surface area contributed by atoms with Crippen molar-refractivity contribution in [2.75, 3.05) is 19.7 Å². The van der Waals surface area contributed by atoms with Gasteiger partial charge >= 0.3 is 0 Å². The first-order chi connectivity index (χ1) is 15.0. The predicted octanol–water partition coefficient (Wildman–Crippen LogP) is 4.61. The molecule has 3 aromatic rings. The number of nitrogens with zero attached hydrogens (tertiary/aromatic N) is 2. The van der Waals surface area contributed by atoms with E-state index >= 15 is 0 Å². The highest BCUT2D eigenvalue weighted by molar-refractivity contribution is 5.97. The molecule has 0 aliphatic carbocycles. The summed E-state index contributed by atoms with van der Waals surface area (Å²) in [7, 11) is 2.12. The van der Waals surface area contributed by atoms with Crippen LogP contribution in [0.3, 0.4) is 0 Å². The van der Waals surface area contributed by atoms with Crippen LogP contribution >= 0.6 is 0 Å². The lowest BCUT2D eigenvalue weighted by Crippen LogP contribution is -2.37. The fraction of sp³-hybridized carbons (Fsp3) is 0.423. The van der Waals surface area contributed by atoms with E-state index in [2.05, 4.69) is 52.3 Å². The molecule has 0 spiro atoms. The number of carbonyl (C=O) groups is 1. The van der Waals surface area contributed by atoms with Crippen molar-refractivity contribution in [1.29, 1.82) is 0 Å². The Morgan fingerprint density at radius 3 is 2.77 bits per heavy atom. The van der Waals surface area contributed by atoms with Gasteiger partial charge in [-0.3, -0.25) is 9.69 Å². The smallest absolute Gasteiger partial charge is 0.255 e. The van der Waals surface area contributed by atoms with Crippen molar-refractivity contribution in [3.05, 3.63) is 65.9 Å². The maximum Gasteiger partial charge on any atom is 0.255 e. The molecule has 1 aromatic heterocycles. The number of fused-ring (bicyclic) bond motifs is 1. The molecule has 1 N–H and O–H groups in total. The van der Waals surface area contributed by atoms with E-state index in [-0.39, 0.29) is 11.9 Å². The van der Waals surface area contributed by atoms with Crippen LogP contribution in [0, 0.1) is 5.92 Å². The average molecular weight is 420 g/mol. The summed E-state index contributed by atoms with van der Waals surface area (Å²) in [5, 5.41) is 4.30. The van der Waals surface area contributed by atoms with Gasteiger partial charge in [-0.05, 0) is 57.0 Å². The number of hydrogen-bond donors (Lipinski definition) is 1. The zero-order chi connectivity index (χ0) is 21.8. The van der Waals surface area contributed by atoms with Crippen molar-refractivity contribution in [3.8, 4) is 5.75 Å². The topological polar surface area (TPSA) is 46.5 Å². The highest BCUT2D eigenvalue weighted by atomic mass is 16.5. The van der Waals surface area contributed by atoms with E-state index in [1.54, 1.807) is 0 Å². The molecule has 0 bridgehead atoms. The van der Waals surface area contributed by atoms with Crippen LogP contribution in [0.2, 0.25) is 0 Å². The SMILES string of the molecule is CC(C)NC(=O)c1ccccc1OCC1CCCN(Cc2cn(C)c3ccccc23)C1. The number of piperidine rings is 1. The van der Waals surface area contributed by atoms with Crippen LogP contribution in [0.1, 0.15) is 42.6 Å². The van der Waals surface area contributed by atoms with Gasteiger partial charge in [0.1, 0.15) is 5.75 Å². The molecule has 164 valence electrons. The normalized spacial score (nSPS) is 17.2. The van der Waals surface area contributed by atoms with Crippen LogP contribution in [0.15, 0.2) is 54.7 Å². The summed E-state index contributed by atoms with van der Waals surface area (Å²) in [6, 6.07) is 16.2. The first-order valence-electron chi connectivity index (χ1n) is 11.3. The maximum atomic E-state index is 12.5. The van der Waals surface area contributed by atoms with Gasteiger partial charge in [0.2, 0.25) is 0 Å². The van der Waals surface area contributed by atoms with Crippen LogP contribution in [0.5, 0.6) is 5.75 Å². The van der Waals surface area contributed by atoms with Gasteiger partial charge in [0.15, 0.2) is 0 Å². The number of para-hydroxylation sites is 2. The van der Waals surface area contributed by atoms with Crippen molar-refractivity contribution in [2.45, 2.75) is 39.3 Å². The lowest BCUT2D eigenvalue weighted by molar-refractivity contribution is 0.0933. The summed E-state index contributed by atoms with van der Waals surface area (Å²) >= 11 is 0. The minimum absolute atomic E-state index is 0.0770. The number of ether oxygens (including phenoxy) is 1. The molecule has 1 saturated heterocycles. The first kappa shape index (κ1) is 21.4. The Bertz CT molecular complexity index is 1040. The van der Waals surface area contributed by atoms with Crippen molar-refractivity contribution in [2.24, 2.45) is 13.0 Å². The Kier molecular flexibility index (Phi) is 6.62. The van der Waals surface area contributed by atoms with E-state index in [4.69, 9.17) is 4.74 Å². The number of amides is 1. The number of carbonyl (C=O) groups excluding carboxylic acids is 1. The predicted molar refractivity (Wildman–Crippen MR) is 125 cm³/mol. The molecule has 5 heteroatoms. The third-order valence-electron chi connectivity index (χ3n) is 6.00. The number of hydrogen-bond acceptors (Lipinski definition) is 3. The second kappa shape index (κ2) is 9.56. The molecule has 1 unspecified atom stereocenters. The van der Waals surface area contributed by atoms with Gasteiger partial charge in [0.25, 0.3) is 5.91 Å². The molecule has 1 aliphatic rings. The molecule has 1 amide bonds. The minimum Gasteiger partial charge on any atom is -0.492 e. The summed E-state index contributed by atoms with van der Waals surface area (Å²) in [6.45, 7) is 7.67. The molecule has 31 heavy (non-hydrogen) atoms. The van der Waals surface area contributed by atoms with Crippen LogP contribution in [0.25, 0.3) is 10.9 Å². The number of aryl methyl sites for hydroxylation is 1. The molecule has 1 fully saturated rings. The summed E-state index contributed by atoms with van der Waals surface area (Å²) in [5.41, 5.74) is 3.28. The number of rotatable bonds is 7. The van der Waals surface area contributed by atoms with Crippen LogP contribution in [0.4, 0.5) is 0 Å². The third kappa shape index (κ3) is 5.10. The largest absolute Gasteiger partial charge is 0.492 e. The molecule has 2 aromatic carbocycles. The van der Waals surface area contributed by atoms with Crippen LogP contribution in [-0.4, -0.2) is 41.1 Å². The number of nitrogens with one attached hydrogen (secondary N) is 1. The maximum absolute atomic E-state index is 12.5. The van der Waals surface area contributed by atoms with Crippen LogP contribution < -0.4 is 10.1 Å². The van der Waals surface area contributed by atoms with Gasteiger partial charge in [0, 0.05) is 49.2 Å². The van der Waals surface area contributed by atoms with E-state index in [1.165, 1.54) is 22.9 Å². The second-order valence-corrected chi connectivity index (χ2v) is 8.96. The van der Waals surface area contributed by atoms with Crippen molar-refractivity contribution in [1.82, 2.24) is 14.8 Å². The fourth-order valence-electron chi connectivity index (χ4n) is 4.55. The molecule has 2 heterocycles. The van der Waals surface area contributed by atoms with Gasteiger partial charge < -0.3 is 14.6 Å². The Balaban J connectivity index is 1.38. The Morgan fingerprint density at radius 1 is 1.16 bits per heavy atom. The summed E-state index contributed by atoms with van der Waals surface area (Å²) in [5.74, 6) is 1.06. The quantitative estimate of drug-likeness (QED) is 0.608. The van der Waals surface area contributed by atoms with Crippen molar-refractivity contribution >= 4 is 16.8 Å². The summed E-state index contributed by atoms with van der Waals surface area (Å²) < 4.78 is 8.38. The monoisotopic (exact) mass is 419 g/mol. The van der Waals surface area contributed by atoms with E-state index in [0.717, 1.165) is 26.1 Å². The lowest BCUT2D eigenvalue weighted by Gasteiger charge is -2.32. The highest BCUT2D eigenvalue weighted by Crippen LogP contribution is 2.26. The lowest BCUT2D eigenvalue weighted by atomic mass is 9.98. The fourth-order valence-corrected chi connectivity index (χ4v) is 4.55. The molecule has 0 saturated carbocycles. The van der Waals surface area contributed by atoms with E-state index < -0.39 is 0 Å². The molecule has 1 atom stereocenters. The molecule has 5 nitrogen and oxygen atoms in total. The molecule has 1 aliphatic heterocycles. The van der Waals surface area contributed by atoms with Gasteiger partial charge in [-0.25, -0.2) is 0 Å². The molecule has 4 rings (SSSR count). The van der Waals surface area contributed by atoms with Crippen molar-refractivity contribution < 1.29 is 9.53 Å². The Labute approximate surface area is 185 Å². The molecular weight excluding hydrogens is 386 g/mol. The standard InChI is InChI=1S/C26H33N3O2/c1-19(2)27-26(30)23-11-5-7-13-25(23)31-18-20-9-8-14-29(15-20)17-21-16-28(3)24-12-6-4-10-22(21)24/h4-7,10-13,16,19-20H,8-9,14-15,17-18H2,1-3H3,(H,27,30). The van der Waals surface area contributed by atoms with Gasteiger partial charge in [-0.15, -0.1) is 0 Å². The van der Waals surface area contributed by atoms with E-state index in [1.807, 2.05) is 38.1 Å². The minimum atomic E-state index is -0.0770. The second-order valence-electron chi connectivity index (χ2n) is 8.96.